The largest absolute Gasteiger partial charge is 0.459 e. The van der Waals surface area contributed by atoms with Gasteiger partial charge in [-0.25, -0.2) is 4.79 Å². The van der Waals surface area contributed by atoms with Crippen LogP contribution in [0.25, 0.3) is 6.08 Å². The smallest absolute Gasteiger partial charge is 0.334 e. The molecule has 1 aromatic rings. The van der Waals surface area contributed by atoms with Crippen LogP contribution in [0.1, 0.15) is 47.1 Å². The van der Waals surface area contributed by atoms with E-state index in [4.69, 9.17) is 15.2 Å². The highest BCUT2D eigenvalue weighted by atomic mass is 16.6. The Morgan fingerprint density at radius 2 is 1.52 bits per heavy atom. The fourth-order valence-electron chi connectivity index (χ4n) is 2.23. The van der Waals surface area contributed by atoms with Crippen LogP contribution in [-0.4, -0.2) is 29.2 Å². The summed E-state index contributed by atoms with van der Waals surface area (Å²) in [6.07, 6.45) is 3.49. The molecule has 0 bridgehead atoms. The number of hydrogen-bond donors (Lipinski definition) is 1. The average Bonchev–Trinajstić information content (AvgIpc) is 2.52. The third kappa shape index (κ3) is 8.22. The first kappa shape index (κ1) is 22.6. The molecule has 0 heterocycles. The SMILES string of the molecule is C=C(C(=O)OC(C)(C)C)[C@H](/C=C/c1ccccc1)[C@@H](N)C(=O)OC(C)(C)C. The van der Waals surface area contributed by atoms with Crippen LogP contribution < -0.4 is 5.73 Å². The second-order valence-corrected chi connectivity index (χ2v) is 8.38. The van der Waals surface area contributed by atoms with Gasteiger partial charge < -0.3 is 15.2 Å². The Morgan fingerprint density at radius 3 is 2.00 bits per heavy atom. The molecule has 0 aliphatic rings. The first-order chi connectivity index (χ1) is 12.3. The van der Waals surface area contributed by atoms with E-state index in [9.17, 15) is 9.59 Å². The molecule has 5 heteroatoms. The number of benzene rings is 1. The lowest BCUT2D eigenvalue weighted by molar-refractivity contribution is -0.157. The van der Waals surface area contributed by atoms with Crippen molar-refractivity contribution in [2.45, 2.75) is 58.8 Å². The van der Waals surface area contributed by atoms with E-state index in [0.29, 0.717) is 0 Å². The van der Waals surface area contributed by atoms with E-state index in [1.807, 2.05) is 30.3 Å². The predicted octanol–water partition coefficient (Wildman–Crippen LogP) is 3.88. The molecule has 1 aromatic carbocycles. The van der Waals surface area contributed by atoms with Crippen LogP contribution in [0, 0.1) is 5.92 Å². The van der Waals surface area contributed by atoms with E-state index in [1.54, 1.807) is 53.7 Å². The van der Waals surface area contributed by atoms with Gasteiger partial charge in [0.1, 0.15) is 17.2 Å². The third-order valence-corrected chi connectivity index (χ3v) is 3.42. The molecule has 0 radical (unpaired) electrons. The molecule has 0 amide bonds. The van der Waals surface area contributed by atoms with Crippen LogP contribution in [0.2, 0.25) is 0 Å². The Hall–Kier alpha value is -2.40. The van der Waals surface area contributed by atoms with Crippen molar-refractivity contribution in [3.63, 3.8) is 0 Å². The molecule has 0 spiro atoms. The molecule has 27 heavy (non-hydrogen) atoms. The fourth-order valence-corrected chi connectivity index (χ4v) is 2.23. The van der Waals surface area contributed by atoms with Gasteiger partial charge >= 0.3 is 11.9 Å². The van der Waals surface area contributed by atoms with Crippen molar-refractivity contribution >= 4 is 18.0 Å². The molecule has 2 atom stereocenters. The van der Waals surface area contributed by atoms with E-state index in [0.717, 1.165) is 5.56 Å². The van der Waals surface area contributed by atoms with E-state index < -0.39 is 35.1 Å². The molecular formula is C22H31NO4. The maximum atomic E-state index is 12.5. The zero-order valence-electron chi connectivity index (χ0n) is 17.1. The van der Waals surface area contributed by atoms with Gasteiger partial charge in [0.05, 0.1) is 0 Å². The Balaban J connectivity index is 3.11. The highest BCUT2D eigenvalue weighted by Crippen LogP contribution is 2.22. The lowest BCUT2D eigenvalue weighted by Gasteiger charge is -2.27. The summed E-state index contributed by atoms with van der Waals surface area (Å²) < 4.78 is 10.8. The molecule has 0 saturated carbocycles. The molecule has 1 rings (SSSR count). The first-order valence-electron chi connectivity index (χ1n) is 8.94. The van der Waals surface area contributed by atoms with Gasteiger partial charge in [0.15, 0.2) is 0 Å². The number of hydrogen-bond acceptors (Lipinski definition) is 5. The van der Waals surface area contributed by atoms with Crippen LogP contribution in [0.3, 0.4) is 0 Å². The highest BCUT2D eigenvalue weighted by molar-refractivity contribution is 5.91. The van der Waals surface area contributed by atoms with Crippen LogP contribution >= 0.6 is 0 Å². The van der Waals surface area contributed by atoms with Crippen molar-refractivity contribution in [1.82, 2.24) is 0 Å². The molecule has 0 aliphatic heterocycles. The molecule has 5 nitrogen and oxygen atoms in total. The second-order valence-electron chi connectivity index (χ2n) is 8.38. The molecular weight excluding hydrogens is 342 g/mol. The van der Waals surface area contributed by atoms with Gasteiger partial charge in [-0.3, -0.25) is 4.79 Å². The Labute approximate surface area is 162 Å². The van der Waals surface area contributed by atoms with Crippen LogP contribution in [-0.2, 0) is 19.1 Å². The van der Waals surface area contributed by atoms with Gasteiger partial charge in [-0.2, -0.15) is 0 Å². The van der Waals surface area contributed by atoms with E-state index in [-0.39, 0.29) is 5.57 Å². The molecule has 0 fully saturated rings. The molecule has 0 saturated heterocycles. The lowest BCUT2D eigenvalue weighted by Crippen LogP contribution is -2.44. The van der Waals surface area contributed by atoms with Crippen molar-refractivity contribution in [1.29, 1.82) is 0 Å². The van der Waals surface area contributed by atoms with Crippen LogP contribution in [0.5, 0.6) is 0 Å². The monoisotopic (exact) mass is 373 g/mol. The number of nitrogens with two attached hydrogens (primary N) is 1. The Kier molecular flexibility index (Phi) is 7.55. The lowest BCUT2D eigenvalue weighted by atomic mass is 9.91. The van der Waals surface area contributed by atoms with E-state index >= 15 is 0 Å². The van der Waals surface area contributed by atoms with Crippen molar-refractivity contribution in [2.75, 3.05) is 0 Å². The van der Waals surface area contributed by atoms with Crippen LogP contribution in [0.4, 0.5) is 0 Å². The normalized spacial score (nSPS) is 14.5. The average molecular weight is 373 g/mol. The van der Waals surface area contributed by atoms with Gasteiger partial charge in [0.25, 0.3) is 0 Å². The topological polar surface area (TPSA) is 78.6 Å². The molecule has 2 N–H and O–H groups in total. The van der Waals surface area contributed by atoms with Crippen molar-refractivity contribution in [3.8, 4) is 0 Å². The molecule has 0 aromatic heterocycles. The quantitative estimate of drug-likeness (QED) is 0.605. The third-order valence-electron chi connectivity index (χ3n) is 3.42. The van der Waals surface area contributed by atoms with Crippen molar-refractivity contribution in [3.05, 3.63) is 54.1 Å². The summed E-state index contributed by atoms with van der Waals surface area (Å²) in [5.74, 6) is -1.95. The predicted molar refractivity (Wildman–Crippen MR) is 108 cm³/mol. The summed E-state index contributed by atoms with van der Waals surface area (Å²) in [5.41, 5.74) is 5.80. The second kappa shape index (κ2) is 9.00. The summed E-state index contributed by atoms with van der Waals surface area (Å²) in [6, 6.07) is 8.42. The maximum Gasteiger partial charge on any atom is 0.334 e. The number of esters is 2. The Morgan fingerprint density at radius 1 is 1.00 bits per heavy atom. The summed E-state index contributed by atoms with van der Waals surface area (Å²) in [6.45, 7) is 14.4. The van der Waals surface area contributed by atoms with Gasteiger partial charge in [-0.15, -0.1) is 0 Å². The van der Waals surface area contributed by atoms with E-state index in [1.165, 1.54) is 0 Å². The van der Waals surface area contributed by atoms with Crippen molar-refractivity contribution in [2.24, 2.45) is 11.7 Å². The van der Waals surface area contributed by atoms with Crippen molar-refractivity contribution < 1.29 is 19.1 Å². The van der Waals surface area contributed by atoms with Gasteiger partial charge in [-0.05, 0) is 47.1 Å². The maximum absolute atomic E-state index is 12.5. The first-order valence-corrected chi connectivity index (χ1v) is 8.94. The zero-order valence-corrected chi connectivity index (χ0v) is 17.1. The summed E-state index contributed by atoms with van der Waals surface area (Å²) >= 11 is 0. The van der Waals surface area contributed by atoms with Gasteiger partial charge in [-0.1, -0.05) is 49.1 Å². The van der Waals surface area contributed by atoms with E-state index in [2.05, 4.69) is 6.58 Å². The molecule has 148 valence electrons. The fraction of sp³-hybridized carbons (Fsp3) is 0.455. The number of carbonyl (C=O) groups is 2. The highest BCUT2D eigenvalue weighted by Gasteiger charge is 2.33. The van der Waals surface area contributed by atoms with Crippen LogP contribution in [0.15, 0.2) is 48.6 Å². The Bertz CT molecular complexity index is 693. The number of carbonyl (C=O) groups excluding carboxylic acids is 2. The number of rotatable bonds is 6. The van der Waals surface area contributed by atoms with Gasteiger partial charge in [0, 0.05) is 11.5 Å². The molecule has 0 unspecified atom stereocenters. The van der Waals surface area contributed by atoms with Gasteiger partial charge in [0.2, 0.25) is 0 Å². The zero-order chi connectivity index (χ0) is 20.8. The summed E-state index contributed by atoms with van der Waals surface area (Å²) in [7, 11) is 0. The minimum Gasteiger partial charge on any atom is -0.459 e. The minimum absolute atomic E-state index is 0.107. The minimum atomic E-state index is -1.08. The summed E-state index contributed by atoms with van der Waals surface area (Å²) in [5, 5.41) is 0. The standard InChI is InChI=1S/C22H31NO4/c1-15(19(24)26-21(2,3)4)17(14-13-16-11-9-8-10-12-16)18(23)20(25)27-22(5,6)7/h8-14,17-18H,1,23H2,2-7H3/b14-13+/t17-,18+/m0/s1. The summed E-state index contributed by atoms with van der Waals surface area (Å²) in [4.78, 5) is 24.9. The molecule has 0 aliphatic carbocycles. The number of ether oxygens (including phenoxy) is 2.